The Bertz CT molecular complexity index is 598. The number of nitrogens with zero attached hydrogens (tertiary/aromatic N) is 4. The van der Waals surface area contributed by atoms with Crippen LogP contribution < -0.4 is 10.2 Å². The summed E-state index contributed by atoms with van der Waals surface area (Å²) in [5.41, 5.74) is 2.16. The molecule has 114 valence electrons. The third-order valence-electron chi connectivity index (χ3n) is 4.69. The van der Waals surface area contributed by atoms with Crippen LogP contribution in [-0.4, -0.2) is 40.2 Å². The van der Waals surface area contributed by atoms with E-state index in [9.17, 15) is 0 Å². The second kappa shape index (κ2) is 6.02. The molecule has 3 rings (SSSR count). The number of nitrogens with one attached hydrogen (secondary N) is 1. The first kappa shape index (κ1) is 14.3. The van der Waals surface area contributed by atoms with E-state index in [1.54, 1.807) is 0 Å². The van der Waals surface area contributed by atoms with Crippen LogP contribution in [0.15, 0.2) is 18.6 Å². The van der Waals surface area contributed by atoms with E-state index in [1.807, 2.05) is 25.6 Å². The van der Waals surface area contributed by atoms with Crippen LogP contribution in [-0.2, 0) is 7.05 Å². The SMILES string of the molecule is CCNC1CCC(N(C)c2nccc3c2ncn3C)CC1. The van der Waals surface area contributed by atoms with Crippen molar-refractivity contribution in [2.45, 2.75) is 44.7 Å². The van der Waals surface area contributed by atoms with Crippen molar-refractivity contribution in [2.75, 3.05) is 18.5 Å². The van der Waals surface area contributed by atoms with E-state index >= 15 is 0 Å². The normalized spacial score (nSPS) is 22.6. The molecule has 0 amide bonds. The van der Waals surface area contributed by atoms with Crippen LogP contribution in [0.4, 0.5) is 5.82 Å². The number of aryl methyl sites for hydroxylation is 1. The number of aromatic nitrogens is 3. The summed E-state index contributed by atoms with van der Waals surface area (Å²) in [6.07, 6.45) is 8.70. The minimum Gasteiger partial charge on any atom is -0.355 e. The van der Waals surface area contributed by atoms with Gasteiger partial charge in [-0.25, -0.2) is 9.97 Å². The number of hydrogen-bond acceptors (Lipinski definition) is 4. The average Bonchev–Trinajstić information content (AvgIpc) is 2.89. The predicted octanol–water partition coefficient (Wildman–Crippen LogP) is 2.33. The molecule has 21 heavy (non-hydrogen) atoms. The summed E-state index contributed by atoms with van der Waals surface area (Å²) in [5.74, 6) is 1.01. The minimum atomic E-state index is 0.569. The number of imidazole rings is 1. The number of pyridine rings is 1. The molecule has 0 bridgehead atoms. The van der Waals surface area contributed by atoms with E-state index in [0.717, 1.165) is 23.4 Å². The lowest BCUT2D eigenvalue weighted by Crippen LogP contribution is -2.41. The third kappa shape index (κ3) is 2.75. The van der Waals surface area contributed by atoms with Gasteiger partial charge in [-0.15, -0.1) is 0 Å². The van der Waals surface area contributed by atoms with Crippen molar-refractivity contribution < 1.29 is 0 Å². The first-order valence-corrected chi connectivity index (χ1v) is 7.93. The van der Waals surface area contributed by atoms with E-state index < -0.39 is 0 Å². The van der Waals surface area contributed by atoms with E-state index in [2.05, 4.69) is 38.7 Å². The second-order valence-corrected chi connectivity index (χ2v) is 6.03. The lowest BCUT2D eigenvalue weighted by Gasteiger charge is -2.35. The fourth-order valence-corrected chi connectivity index (χ4v) is 3.44. The van der Waals surface area contributed by atoms with Crippen molar-refractivity contribution in [3.05, 3.63) is 18.6 Å². The van der Waals surface area contributed by atoms with Crippen LogP contribution in [0, 0.1) is 0 Å². The highest BCUT2D eigenvalue weighted by Crippen LogP contribution is 2.29. The fourth-order valence-electron chi connectivity index (χ4n) is 3.44. The largest absolute Gasteiger partial charge is 0.355 e. The number of hydrogen-bond donors (Lipinski definition) is 1. The molecule has 0 radical (unpaired) electrons. The summed E-state index contributed by atoms with van der Waals surface area (Å²) < 4.78 is 2.05. The van der Waals surface area contributed by atoms with E-state index in [0.29, 0.717) is 12.1 Å². The van der Waals surface area contributed by atoms with Crippen LogP contribution in [0.3, 0.4) is 0 Å². The molecule has 0 aliphatic heterocycles. The minimum absolute atomic E-state index is 0.569. The Labute approximate surface area is 126 Å². The van der Waals surface area contributed by atoms with Crippen molar-refractivity contribution >= 4 is 16.9 Å². The zero-order valence-electron chi connectivity index (χ0n) is 13.2. The average molecular weight is 287 g/mol. The van der Waals surface area contributed by atoms with E-state index in [-0.39, 0.29) is 0 Å². The Morgan fingerprint density at radius 2 is 2.05 bits per heavy atom. The Balaban J connectivity index is 1.77. The molecule has 0 atom stereocenters. The van der Waals surface area contributed by atoms with Crippen molar-refractivity contribution in [3.8, 4) is 0 Å². The summed E-state index contributed by atoms with van der Waals surface area (Å²) >= 11 is 0. The Morgan fingerprint density at radius 3 is 2.76 bits per heavy atom. The van der Waals surface area contributed by atoms with E-state index in [4.69, 9.17) is 0 Å². The highest BCUT2D eigenvalue weighted by atomic mass is 15.2. The summed E-state index contributed by atoms with van der Waals surface area (Å²) in [6, 6.07) is 3.29. The molecule has 5 nitrogen and oxygen atoms in total. The maximum Gasteiger partial charge on any atom is 0.156 e. The fraction of sp³-hybridized carbons (Fsp3) is 0.625. The van der Waals surface area contributed by atoms with Gasteiger partial charge in [0.2, 0.25) is 0 Å². The summed E-state index contributed by atoms with van der Waals surface area (Å²) in [4.78, 5) is 11.4. The Hall–Kier alpha value is -1.62. The molecule has 1 aliphatic carbocycles. The summed E-state index contributed by atoms with van der Waals surface area (Å²) in [6.45, 7) is 3.25. The molecule has 2 aromatic rings. The molecule has 5 heteroatoms. The highest BCUT2D eigenvalue weighted by molar-refractivity contribution is 5.86. The molecule has 1 fully saturated rings. The van der Waals surface area contributed by atoms with Gasteiger partial charge in [0.25, 0.3) is 0 Å². The molecule has 1 aliphatic rings. The number of anilines is 1. The van der Waals surface area contributed by atoms with Crippen LogP contribution >= 0.6 is 0 Å². The smallest absolute Gasteiger partial charge is 0.156 e. The molecule has 0 unspecified atom stereocenters. The molecule has 1 N–H and O–H groups in total. The lowest BCUT2D eigenvalue weighted by atomic mass is 9.90. The lowest BCUT2D eigenvalue weighted by molar-refractivity contribution is 0.341. The molecule has 0 aromatic carbocycles. The summed E-state index contributed by atoms with van der Waals surface area (Å²) in [7, 11) is 4.19. The zero-order chi connectivity index (χ0) is 14.8. The first-order valence-electron chi connectivity index (χ1n) is 7.93. The van der Waals surface area contributed by atoms with Gasteiger partial charge < -0.3 is 14.8 Å². The molecule has 0 saturated heterocycles. The first-order chi connectivity index (χ1) is 10.2. The van der Waals surface area contributed by atoms with Crippen molar-refractivity contribution in [3.63, 3.8) is 0 Å². The Kier molecular flexibility index (Phi) is 4.10. The maximum atomic E-state index is 4.59. The van der Waals surface area contributed by atoms with Crippen LogP contribution in [0.25, 0.3) is 11.0 Å². The highest BCUT2D eigenvalue weighted by Gasteiger charge is 2.25. The number of rotatable bonds is 4. The van der Waals surface area contributed by atoms with Gasteiger partial charge in [-0.1, -0.05) is 6.92 Å². The van der Waals surface area contributed by atoms with Gasteiger partial charge >= 0.3 is 0 Å². The molecule has 1 saturated carbocycles. The summed E-state index contributed by atoms with van der Waals surface area (Å²) in [5, 5.41) is 3.57. The van der Waals surface area contributed by atoms with Crippen LogP contribution in [0.1, 0.15) is 32.6 Å². The zero-order valence-corrected chi connectivity index (χ0v) is 13.2. The van der Waals surface area contributed by atoms with Crippen molar-refractivity contribution in [2.24, 2.45) is 7.05 Å². The topological polar surface area (TPSA) is 46.0 Å². The Morgan fingerprint density at radius 1 is 1.29 bits per heavy atom. The standard InChI is InChI=1S/C16H25N5/c1-4-17-12-5-7-13(8-6-12)21(3)16-15-14(9-10-18-16)20(2)11-19-15/h9-13,17H,4-8H2,1-3H3. The van der Waals surface area contributed by atoms with Crippen LogP contribution in [0.2, 0.25) is 0 Å². The number of fused-ring (bicyclic) bond motifs is 1. The molecular formula is C16H25N5. The van der Waals surface area contributed by atoms with Crippen LogP contribution in [0.5, 0.6) is 0 Å². The second-order valence-electron chi connectivity index (χ2n) is 6.03. The predicted molar refractivity (Wildman–Crippen MR) is 86.6 cm³/mol. The third-order valence-corrected chi connectivity index (χ3v) is 4.69. The van der Waals surface area contributed by atoms with Gasteiger partial charge in [0.1, 0.15) is 5.52 Å². The molecule has 0 spiro atoms. The van der Waals surface area contributed by atoms with Gasteiger partial charge in [-0.3, -0.25) is 0 Å². The monoisotopic (exact) mass is 287 g/mol. The van der Waals surface area contributed by atoms with Gasteiger partial charge in [0, 0.05) is 32.4 Å². The molecule has 2 aromatic heterocycles. The molecule has 2 heterocycles. The van der Waals surface area contributed by atoms with Gasteiger partial charge in [0.15, 0.2) is 5.82 Å². The maximum absolute atomic E-state index is 4.59. The van der Waals surface area contributed by atoms with Crippen molar-refractivity contribution in [1.29, 1.82) is 0 Å². The van der Waals surface area contributed by atoms with Gasteiger partial charge in [0.05, 0.1) is 11.8 Å². The van der Waals surface area contributed by atoms with Crippen molar-refractivity contribution in [1.82, 2.24) is 19.9 Å². The van der Waals surface area contributed by atoms with Gasteiger partial charge in [-0.2, -0.15) is 0 Å². The van der Waals surface area contributed by atoms with E-state index in [1.165, 1.54) is 25.7 Å². The quantitative estimate of drug-likeness (QED) is 0.937. The van der Waals surface area contributed by atoms with Gasteiger partial charge in [-0.05, 0) is 38.3 Å². The molecular weight excluding hydrogens is 262 g/mol.